The predicted octanol–water partition coefficient (Wildman–Crippen LogP) is 3.07. The molecule has 92 valence electrons. The van der Waals surface area contributed by atoms with Gasteiger partial charge in [0, 0.05) is 6.54 Å². The second kappa shape index (κ2) is 5.73. The van der Waals surface area contributed by atoms with Gasteiger partial charge in [-0.15, -0.1) is 33.7 Å². The SMILES string of the molecule is CCSc1nnc(SCC)c2c1ncn2CC. The Morgan fingerprint density at radius 1 is 1.06 bits per heavy atom. The van der Waals surface area contributed by atoms with Crippen LogP contribution in [0.4, 0.5) is 0 Å². The summed E-state index contributed by atoms with van der Waals surface area (Å²) >= 11 is 3.42. The minimum Gasteiger partial charge on any atom is -0.329 e. The van der Waals surface area contributed by atoms with E-state index in [1.165, 1.54) is 0 Å². The number of rotatable bonds is 5. The Morgan fingerprint density at radius 3 is 2.35 bits per heavy atom. The number of fused-ring (bicyclic) bond motifs is 1. The molecule has 0 aliphatic rings. The molecule has 2 rings (SSSR count). The van der Waals surface area contributed by atoms with E-state index in [4.69, 9.17) is 0 Å². The molecule has 0 saturated carbocycles. The second-order valence-corrected chi connectivity index (χ2v) is 5.91. The minimum atomic E-state index is 0.912. The molecule has 0 spiro atoms. The van der Waals surface area contributed by atoms with Crippen molar-refractivity contribution in [2.75, 3.05) is 11.5 Å². The number of thioether (sulfide) groups is 2. The fraction of sp³-hybridized carbons (Fsp3) is 0.545. The zero-order valence-corrected chi connectivity index (χ0v) is 11.9. The van der Waals surface area contributed by atoms with Gasteiger partial charge in [-0.1, -0.05) is 13.8 Å². The molecule has 6 heteroatoms. The fourth-order valence-corrected chi connectivity index (χ4v) is 3.04. The first-order valence-corrected chi connectivity index (χ1v) is 7.76. The summed E-state index contributed by atoms with van der Waals surface area (Å²) in [5, 5.41) is 10.5. The average Bonchev–Trinajstić information content (AvgIpc) is 2.77. The van der Waals surface area contributed by atoms with Gasteiger partial charge in [0.15, 0.2) is 0 Å². The van der Waals surface area contributed by atoms with Crippen LogP contribution in [0.1, 0.15) is 20.8 Å². The van der Waals surface area contributed by atoms with Crippen molar-refractivity contribution in [1.29, 1.82) is 0 Å². The van der Waals surface area contributed by atoms with E-state index in [2.05, 4.69) is 40.5 Å². The summed E-state index contributed by atoms with van der Waals surface area (Å²) in [7, 11) is 0. The summed E-state index contributed by atoms with van der Waals surface area (Å²) < 4.78 is 2.14. The fourth-order valence-electron chi connectivity index (χ4n) is 1.66. The average molecular weight is 268 g/mol. The molecular formula is C11H16N4S2. The molecule has 0 N–H and O–H groups in total. The Morgan fingerprint density at radius 2 is 1.71 bits per heavy atom. The third-order valence-corrected chi connectivity index (χ3v) is 4.05. The van der Waals surface area contributed by atoms with Crippen LogP contribution < -0.4 is 0 Å². The Kier molecular flexibility index (Phi) is 4.28. The molecule has 4 nitrogen and oxygen atoms in total. The molecule has 2 heterocycles. The van der Waals surface area contributed by atoms with E-state index >= 15 is 0 Å². The Balaban J connectivity index is 2.60. The third kappa shape index (κ3) is 2.42. The van der Waals surface area contributed by atoms with E-state index in [1.54, 1.807) is 23.5 Å². The summed E-state index contributed by atoms with van der Waals surface area (Å²) in [5.74, 6) is 1.99. The second-order valence-electron chi connectivity index (χ2n) is 3.40. The molecular weight excluding hydrogens is 252 g/mol. The van der Waals surface area contributed by atoms with Crippen molar-refractivity contribution in [2.45, 2.75) is 37.4 Å². The highest BCUT2D eigenvalue weighted by Crippen LogP contribution is 2.30. The lowest BCUT2D eigenvalue weighted by molar-refractivity contribution is 0.769. The smallest absolute Gasteiger partial charge is 0.147 e. The third-order valence-electron chi connectivity index (χ3n) is 2.38. The van der Waals surface area contributed by atoms with Crippen LogP contribution in [0.25, 0.3) is 11.0 Å². The predicted molar refractivity (Wildman–Crippen MR) is 73.8 cm³/mol. The number of aryl methyl sites for hydroxylation is 1. The summed E-state index contributed by atoms with van der Waals surface area (Å²) in [4.78, 5) is 4.48. The number of hydrogen-bond acceptors (Lipinski definition) is 5. The van der Waals surface area contributed by atoms with Crippen molar-refractivity contribution >= 4 is 34.6 Å². The molecule has 0 saturated heterocycles. The number of aromatic nitrogens is 4. The van der Waals surface area contributed by atoms with Gasteiger partial charge in [0.25, 0.3) is 0 Å². The van der Waals surface area contributed by atoms with Gasteiger partial charge < -0.3 is 4.57 Å². The molecule has 0 fully saturated rings. The summed E-state index contributed by atoms with van der Waals surface area (Å²) in [6, 6.07) is 0. The number of hydrogen-bond donors (Lipinski definition) is 0. The van der Waals surface area contributed by atoms with Crippen molar-refractivity contribution < 1.29 is 0 Å². The van der Waals surface area contributed by atoms with Gasteiger partial charge in [-0.2, -0.15) is 0 Å². The van der Waals surface area contributed by atoms with Crippen LogP contribution in [0, 0.1) is 0 Å². The molecule has 0 unspecified atom stereocenters. The quantitative estimate of drug-likeness (QED) is 0.780. The Bertz CT molecular complexity index is 509. The molecule has 0 aliphatic heterocycles. The van der Waals surface area contributed by atoms with Crippen molar-refractivity contribution in [3.05, 3.63) is 6.33 Å². The first-order valence-electron chi connectivity index (χ1n) is 5.78. The molecule has 0 amide bonds. The van der Waals surface area contributed by atoms with E-state index in [0.29, 0.717) is 0 Å². The van der Waals surface area contributed by atoms with Crippen LogP contribution in [0.2, 0.25) is 0 Å². The van der Waals surface area contributed by atoms with E-state index in [1.807, 2.05) is 6.33 Å². The van der Waals surface area contributed by atoms with Crippen molar-refractivity contribution in [3.63, 3.8) is 0 Å². The molecule has 0 bridgehead atoms. The Hall–Kier alpha value is -0.750. The maximum absolute atomic E-state index is 4.48. The van der Waals surface area contributed by atoms with Crippen LogP contribution in [0.5, 0.6) is 0 Å². The summed E-state index contributed by atoms with van der Waals surface area (Å²) in [6.45, 7) is 7.27. The van der Waals surface area contributed by atoms with Gasteiger partial charge in [0.1, 0.15) is 21.1 Å². The van der Waals surface area contributed by atoms with Crippen LogP contribution in [0.3, 0.4) is 0 Å². The lowest BCUT2D eigenvalue weighted by atomic mass is 10.4. The molecule has 0 aromatic carbocycles. The molecule has 0 radical (unpaired) electrons. The van der Waals surface area contributed by atoms with Crippen LogP contribution in [-0.4, -0.2) is 31.3 Å². The maximum atomic E-state index is 4.48. The molecule has 17 heavy (non-hydrogen) atoms. The first kappa shape index (κ1) is 12.7. The first-order chi connectivity index (χ1) is 8.31. The highest BCUT2D eigenvalue weighted by Gasteiger charge is 2.14. The highest BCUT2D eigenvalue weighted by molar-refractivity contribution is 7.99. The minimum absolute atomic E-state index is 0.912. The van der Waals surface area contributed by atoms with Crippen LogP contribution in [0.15, 0.2) is 16.4 Å². The topological polar surface area (TPSA) is 43.6 Å². The standard InChI is InChI=1S/C11H16N4S2/c1-4-15-7-12-8-9(15)11(17-6-3)14-13-10(8)16-5-2/h7H,4-6H2,1-3H3. The lowest BCUT2D eigenvalue weighted by Crippen LogP contribution is -1.97. The van der Waals surface area contributed by atoms with Crippen LogP contribution in [-0.2, 0) is 6.54 Å². The van der Waals surface area contributed by atoms with E-state index in [9.17, 15) is 0 Å². The lowest BCUT2D eigenvalue weighted by Gasteiger charge is -2.05. The monoisotopic (exact) mass is 268 g/mol. The maximum Gasteiger partial charge on any atom is 0.147 e. The molecule has 2 aromatic heterocycles. The van der Waals surface area contributed by atoms with Gasteiger partial charge in [0.2, 0.25) is 0 Å². The largest absolute Gasteiger partial charge is 0.329 e. The van der Waals surface area contributed by atoms with Crippen LogP contribution >= 0.6 is 23.5 Å². The summed E-state index contributed by atoms with van der Waals surface area (Å²) in [5.41, 5.74) is 2.12. The van der Waals surface area contributed by atoms with Gasteiger partial charge >= 0.3 is 0 Å². The van der Waals surface area contributed by atoms with Gasteiger partial charge in [-0.05, 0) is 18.4 Å². The van der Waals surface area contributed by atoms with Crippen molar-refractivity contribution in [2.24, 2.45) is 0 Å². The molecule has 0 aliphatic carbocycles. The molecule has 0 atom stereocenters. The van der Waals surface area contributed by atoms with E-state index in [0.717, 1.165) is 39.1 Å². The van der Waals surface area contributed by atoms with E-state index < -0.39 is 0 Å². The van der Waals surface area contributed by atoms with Crippen molar-refractivity contribution in [3.8, 4) is 0 Å². The Labute approximate surface area is 110 Å². The number of nitrogens with zero attached hydrogens (tertiary/aromatic N) is 4. The van der Waals surface area contributed by atoms with E-state index in [-0.39, 0.29) is 0 Å². The molecule has 2 aromatic rings. The van der Waals surface area contributed by atoms with Gasteiger partial charge in [0.05, 0.1) is 6.33 Å². The zero-order chi connectivity index (χ0) is 12.3. The normalized spacial score (nSPS) is 11.2. The zero-order valence-electron chi connectivity index (χ0n) is 10.3. The number of imidazole rings is 1. The summed E-state index contributed by atoms with van der Waals surface area (Å²) in [6.07, 6.45) is 1.88. The van der Waals surface area contributed by atoms with Crippen molar-refractivity contribution in [1.82, 2.24) is 19.7 Å². The highest BCUT2D eigenvalue weighted by atomic mass is 32.2. The van der Waals surface area contributed by atoms with Gasteiger partial charge in [-0.25, -0.2) is 4.98 Å². The van der Waals surface area contributed by atoms with Gasteiger partial charge in [-0.3, -0.25) is 0 Å².